The van der Waals surface area contributed by atoms with Crippen LogP contribution in [0.25, 0.3) is 0 Å². The van der Waals surface area contributed by atoms with Gasteiger partial charge < -0.3 is 10.4 Å². The number of amides is 1. The number of benzene rings is 2. The van der Waals surface area contributed by atoms with Gasteiger partial charge in [-0.25, -0.2) is 4.39 Å². The second kappa shape index (κ2) is 10.1. The normalized spacial score (nSPS) is 26.7. The van der Waals surface area contributed by atoms with E-state index in [4.69, 9.17) is 0 Å². The number of hydrogen-bond donors (Lipinski definition) is 2. The Morgan fingerprint density at radius 1 is 1.15 bits per heavy atom. The van der Waals surface area contributed by atoms with E-state index in [1.807, 2.05) is 12.1 Å². The molecule has 7 heteroatoms. The highest BCUT2D eigenvalue weighted by molar-refractivity contribution is 5.95. The highest BCUT2D eigenvalue weighted by Gasteiger charge is 2.55. The zero-order chi connectivity index (χ0) is 28.0. The largest absolute Gasteiger partial charge is 0.393 e. The van der Waals surface area contributed by atoms with Crippen molar-refractivity contribution in [2.75, 3.05) is 6.54 Å². The second-order valence-electron chi connectivity index (χ2n) is 11.4. The molecule has 2 aromatic carbocycles. The van der Waals surface area contributed by atoms with Crippen LogP contribution in [0.4, 0.5) is 17.6 Å². The molecule has 0 spiro atoms. The number of fused-ring (bicyclic) bond motifs is 1. The number of aryl methyl sites for hydroxylation is 1. The van der Waals surface area contributed by atoms with Crippen LogP contribution in [-0.2, 0) is 6.42 Å². The Bertz CT molecular complexity index is 1360. The first-order valence-corrected chi connectivity index (χ1v) is 13.4. The van der Waals surface area contributed by atoms with Crippen molar-refractivity contribution < 1.29 is 27.5 Å². The molecule has 1 amide bonds. The van der Waals surface area contributed by atoms with E-state index in [1.165, 1.54) is 28.9 Å². The highest BCUT2D eigenvalue weighted by atomic mass is 19.4. The summed E-state index contributed by atoms with van der Waals surface area (Å²) in [4.78, 5) is 12.8. The third-order valence-corrected chi connectivity index (χ3v) is 9.04. The zero-order valence-electron chi connectivity index (χ0n) is 22.1. The number of alkyl halides is 3. The molecule has 3 nitrogen and oxygen atoms in total. The van der Waals surface area contributed by atoms with E-state index in [0.717, 1.165) is 18.9 Å². The predicted molar refractivity (Wildman–Crippen MR) is 143 cm³/mol. The zero-order valence-corrected chi connectivity index (χ0v) is 22.1. The fraction of sp³-hybridized carbons (Fsp3) is 0.406. The van der Waals surface area contributed by atoms with Gasteiger partial charge in [-0.1, -0.05) is 68.0 Å². The van der Waals surface area contributed by atoms with Crippen molar-refractivity contribution in [1.82, 2.24) is 5.32 Å². The van der Waals surface area contributed by atoms with E-state index in [-0.39, 0.29) is 11.7 Å². The molecular weight excluding hydrogens is 506 g/mol. The van der Waals surface area contributed by atoms with Crippen LogP contribution in [0, 0.1) is 17.2 Å². The number of nitrogens with one attached hydrogen (secondary N) is 1. The molecule has 3 aliphatic rings. The lowest BCUT2D eigenvalue weighted by atomic mass is 9.64. The van der Waals surface area contributed by atoms with Crippen LogP contribution < -0.4 is 5.32 Å². The number of rotatable bonds is 7. The van der Waals surface area contributed by atoms with Crippen LogP contribution in [-0.4, -0.2) is 29.3 Å². The maximum absolute atomic E-state index is 13.5. The van der Waals surface area contributed by atoms with Gasteiger partial charge in [0.1, 0.15) is 5.82 Å². The average molecular weight is 540 g/mol. The number of carbonyl (C=O) groups excluding carboxylic acids is 1. The Morgan fingerprint density at radius 3 is 2.59 bits per heavy atom. The van der Waals surface area contributed by atoms with Crippen molar-refractivity contribution in [3.05, 3.63) is 106 Å². The Hall–Kier alpha value is -3.19. The van der Waals surface area contributed by atoms with Gasteiger partial charge in [-0.3, -0.25) is 4.79 Å². The minimum absolute atomic E-state index is 0.0665. The van der Waals surface area contributed by atoms with Gasteiger partial charge in [0, 0.05) is 23.4 Å². The highest BCUT2D eigenvalue weighted by Crippen LogP contribution is 2.60. The second-order valence-corrected chi connectivity index (χ2v) is 11.4. The van der Waals surface area contributed by atoms with Crippen molar-refractivity contribution in [1.29, 1.82) is 0 Å². The van der Waals surface area contributed by atoms with E-state index < -0.39 is 35.6 Å². The fourth-order valence-electron chi connectivity index (χ4n) is 6.35. The number of carbonyl (C=O) groups is 1. The van der Waals surface area contributed by atoms with E-state index in [1.54, 1.807) is 24.3 Å². The lowest BCUT2D eigenvalue weighted by molar-refractivity contribution is -0.167. The summed E-state index contributed by atoms with van der Waals surface area (Å²) in [6, 6.07) is 13.5. The molecule has 3 aliphatic carbocycles. The number of aliphatic hydroxyl groups is 1. The van der Waals surface area contributed by atoms with Crippen LogP contribution in [0.2, 0.25) is 0 Å². The Morgan fingerprint density at radius 2 is 1.87 bits per heavy atom. The molecule has 0 heterocycles. The van der Waals surface area contributed by atoms with Gasteiger partial charge in [-0.15, -0.1) is 0 Å². The molecule has 0 aliphatic heterocycles. The van der Waals surface area contributed by atoms with Gasteiger partial charge in [-0.05, 0) is 72.6 Å². The van der Waals surface area contributed by atoms with Gasteiger partial charge in [0.2, 0.25) is 0 Å². The molecule has 4 unspecified atom stereocenters. The van der Waals surface area contributed by atoms with Crippen LogP contribution in [0.15, 0.2) is 83.5 Å². The third-order valence-electron chi connectivity index (χ3n) is 9.04. The fourth-order valence-corrected chi connectivity index (χ4v) is 6.35. The maximum atomic E-state index is 13.5. The van der Waals surface area contributed by atoms with Gasteiger partial charge in [0.15, 0.2) is 0 Å². The number of allylic oxidation sites excluding steroid dienone is 5. The van der Waals surface area contributed by atoms with Crippen LogP contribution in [0.5, 0.6) is 0 Å². The molecule has 5 rings (SSSR count). The smallest absolute Gasteiger partial charge is 0.389 e. The summed E-state index contributed by atoms with van der Waals surface area (Å²) in [5.74, 6) is -2.38. The summed E-state index contributed by atoms with van der Waals surface area (Å²) in [5, 5.41) is 14.4. The van der Waals surface area contributed by atoms with Crippen molar-refractivity contribution in [3.63, 3.8) is 0 Å². The van der Waals surface area contributed by atoms with E-state index in [2.05, 4.69) is 30.5 Å². The molecule has 0 saturated heterocycles. The van der Waals surface area contributed by atoms with Crippen LogP contribution in [0.3, 0.4) is 0 Å². The Kier molecular flexibility index (Phi) is 7.08. The maximum Gasteiger partial charge on any atom is 0.393 e. The van der Waals surface area contributed by atoms with Crippen molar-refractivity contribution in [2.45, 2.75) is 63.6 Å². The van der Waals surface area contributed by atoms with Crippen LogP contribution >= 0.6 is 0 Å². The summed E-state index contributed by atoms with van der Waals surface area (Å²) in [7, 11) is 0. The molecule has 4 atom stereocenters. The molecule has 0 radical (unpaired) electrons. The molecule has 0 bridgehead atoms. The lowest BCUT2D eigenvalue weighted by Gasteiger charge is -2.43. The van der Waals surface area contributed by atoms with Gasteiger partial charge in [0.25, 0.3) is 5.91 Å². The number of hydrogen-bond acceptors (Lipinski definition) is 2. The van der Waals surface area contributed by atoms with Crippen molar-refractivity contribution in [3.8, 4) is 0 Å². The third kappa shape index (κ3) is 5.09. The molecule has 2 aromatic rings. The van der Waals surface area contributed by atoms with E-state index in [0.29, 0.717) is 36.8 Å². The minimum Gasteiger partial charge on any atom is -0.389 e. The Balaban J connectivity index is 1.30. The Labute approximate surface area is 226 Å². The monoisotopic (exact) mass is 539 g/mol. The summed E-state index contributed by atoms with van der Waals surface area (Å²) < 4.78 is 52.1. The molecule has 1 fully saturated rings. The summed E-state index contributed by atoms with van der Waals surface area (Å²) >= 11 is 0. The molecule has 2 N–H and O–H groups in total. The van der Waals surface area contributed by atoms with Gasteiger partial charge in [0.05, 0.1) is 11.5 Å². The minimum atomic E-state index is -4.37. The molecule has 206 valence electrons. The first-order valence-electron chi connectivity index (χ1n) is 13.4. The van der Waals surface area contributed by atoms with E-state index in [9.17, 15) is 27.5 Å². The molecular formula is C32H33F4NO2. The quantitative estimate of drug-likeness (QED) is 0.366. The first kappa shape index (κ1) is 27.4. The lowest BCUT2D eigenvalue weighted by Crippen LogP contribution is -2.44. The summed E-state index contributed by atoms with van der Waals surface area (Å²) in [5.41, 5.74) is 4.20. The molecule has 0 aromatic heterocycles. The van der Waals surface area contributed by atoms with Gasteiger partial charge in [-0.2, -0.15) is 13.2 Å². The summed E-state index contributed by atoms with van der Waals surface area (Å²) in [6.45, 7) is 2.66. The molecule has 39 heavy (non-hydrogen) atoms. The summed E-state index contributed by atoms with van der Waals surface area (Å²) in [6.07, 6.45) is 4.99. The SMILES string of the molecule is CC(CNC(=O)c1ccccc1CCC1(O)CCC2=CC3=C(C=CC3c3ccc(F)cc3)CC21C)C(F)(F)F. The average Bonchev–Trinajstić information content (AvgIpc) is 3.42. The predicted octanol–water partition coefficient (Wildman–Crippen LogP) is 7.20. The first-order chi connectivity index (χ1) is 18.4. The standard InChI is InChI=1S/C32H33F4NO2/c1-20(32(34,35)36)19-37-29(38)27-6-4-3-5-21(27)13-15-31(39)16-14-24-17-28-23(18-30(24,31)2)9-12-26(28)22-7-10-25(33)11-8-22/h3-12,17,20,26,39H,13-16,18-19H2,1-2H3,(H,37,38). The number of halogens is 4. The van der Waals surface area contributed by atoms with Crippen LogP contribution in [0.1, 0.15) is 66.9 Å². The van der Waals surface area contributed by atoms with Crippen molar-refractivity contribution >= 4 is 5.91 Å². The molecule has 1 saturated carbocycles. The van der Waals surface area contributed by atoms with Crippen molar-refractivity contribution in [2.24, 2.45) is 11.3 Å². The van der Waals surface area contributed by atoms with E-state index >= 15 is 0 Å². The van der Waals surface area contributed by atoms with Gasteiger partial charge >= 0.3 is 6.18 Å². The topological polar surface area (TPSA) is 49.3 Å².